The molecule has 1 aromatic heterocycles. The molecule has 0 radical (unpaired) electrons. The van der Waals surface area contributed by atoms with E-state index in [0.717, 1.165) is 25.0 Å². The van der Waals surface area contributed by atoms with Crippen molar-refractivity contribution in [2.75, 3.05) is 0 Å². The number of Topliss-reactive ketones (excluding diaryl/α,β-unsaturated/α-hetero) is 1. The number of carbonyl (C=O) groups is 1. The van der Waals surface area contributed by atoms with Crippen LogP contribution in [0.15, 0.2) is 6.07 Å². The van der Waals surface area contributed by atoms with Crippen LogP contribution in [0.3, 0.4) is 0 Å². The summed E-state index contributed by atoms with van der Waals surface area (Å²) in [4.78, 5) is 15.4. The molecule has 13 heavy (non-hydrogen) atoms. The third-order valence-electron chi connectivity index (χ3n) is 2.38. The molecule has 0 unspecified atom stereocenters. The van der Waals surface area contributed by atoms with Crippen molar-refractivity contribution < 1.29 is 4.79 Å². The van der Waals surface area contributed by atoms with Crippen molar-refractivity contribution in [3.8, 4) is 0 Å². The van der Waals surface area contributed by atoms with Crippen LogP contribution < -0.4 is 0 Å². The van der Waals surface area contributed by atoms with E-state index in [2.05, 4.69) is 4.98 Å². The molecule has 0 saturated carbocycles. The molecule has 0 spiro atoms. The lowest BCUT2D eigenvalue weighted by atomic mass is 10.1. The Morgan fingerprint density at radius 1 is 1.54 bits per heavy atom. The number of halogens is 1. The molecule has 2 nitrogen and oxygen atoms in total. The van der Waals surface area contributed by atoms with Gasteiger partial charge in [0.25, 0.3) is 0 Å². The van der Waals surface area contributed by atoms with Crippen LogP contribution in [0.5, 0.6) is 0 Å². The molecule has 0 N–H and O–H groups in total. The van der Waals surface area contributed by atoms with E-state index >= 15 is 0 Å². The second-order valence-corrected chi connectivity index (χ2v) is 3.70. The smallest absolute Gasteiger partial charge is 0.162 e. The third kappa shape index (κ3) is 1.46. The van der Waals surface area contributed by atoms with E-state index in [1.807, 2.05) is 6.07 Å². The Kier molecular flexibility index (Phi) is 2.08. The second kappa shape index (κ2) is 3.11. The Hall–Kier alpha value is -0.890. The van der Waals surface area contributed by atoms with Gasteiger partial charge in [0.05, 0.1) is 5.56 Å². The van der Waals surface area contributed by atoms with Crippen molar-refractivity contribution in [2.45, 2.75) is 26.2 Å². The van der Waals surface area contributed by atoms with Crippen LogP contribution in [-0.4, -0.2) is 10.8 Å². The summed E-state index contributed by atoms with van der Waals surface area (Å²) >= 11 is 5.87. The summed E-state index contributed by atoms with van der Waals surface area (Å²) in [5, 5.41) is 0.355. The number of fused-ring (bicyclic) bond motifs is 1. The molecule has 3 heteroatoms. The number of aryl methyl sites for hydroxylation is 2. The van der Waals surface area contributed by atoms with E-state index in [9.17, 15) is 4.79 Å². The molecule has 0 atom stereocenters. The Balaban J connectivity index is 2.55. The van der Waals surface area contributed by atoms with Gasteiger partial charge < -0.3 is 0 Å². The molecule has 0 aromatic carbocycles. The van der Waals surface area contributed by atoms with Gasteiger partial charge in [0, 0.05) is 5.69 Å². The van der Waals surface area contributed by atoms with Gasteiger partial charge in [0.2, 0.25) is 0 Å². The van der Waals surface area contributed by atoms with Gasteiger partial charge in [-0.05, 0) is 37.8 Å². The Labute approximate surface area is 81.9 Å². The molecule has 0 aliphatic heterocycles. The molecule has 1 aliphatic rings. The highest BCUT2D eigenvalue weighted by Gasteiger charge is 2.16. The maximum Gasteiger partial charge on any atom is 0.162 e. The summed E-state index contributed by atoms with van der Waals surface area (Å²) in [5.41, 5.74) is 2.81. The molecule has 0 bridgehead atoms. The van der Waals surface area contributed by atoms with Crippen LogP contribution in [0.4, 0.5) is 0 Å². The third-order valence-corrected chi connectivity index (χ3v) is 2.67. The zero-order chi connectivity index (χ0) is 9.42. The molecule has 0 saturated heterocycles. The van der Waals surface area contributed by atoms with Gasteiger partial charge in [-0.25, -0.2) is 4.98 Å². The van der Waals surface area contributed by atoms with Crippen LogP contribution in [0.2, 0.25) is 5.15 Å². The fraction of sp³-hybridized carbons (Fsp3) is 0.400. The minimum atomic E-state index is -0.00722. The minimum absolute atomic E-state index is 0.00722. The summed E-state index contributed by atoms with van der Waals surface area (Å²) in [6.45, 7) is 1.52. The van der Waals surface area contributed by atoms with Crippen LogP contribution in [0.1, 0.15) is 35.0 Å². The van der Waals surface area contributed by atoms with Gasteiger partial charge >= 0.3 is 0 Å². The quantitative estimate of drug-likeness (QED) is 0.509. The van der Waals surface area contributed by atoms with Crippen molar-refractivity contribution in [1.29, 1.82) is 0 Å². The SMILES string of the molecule is CC(=O)c1cc2c(nc1Cl)CCC2. The molecule has 2 rings (SSSR count). The van der Waals surface area contributed by atoms with Gasteiger partial charge in [0.1, 0.15) is 5.15 Å². The summed E-state index contributed by atoms with van der Waals surface area (Å²) in [6.07, 6.45) is 3.15. The first-order valence-corrected chi connectivity index (χ1v) is 4.75. The summed E-state index contributed by atoms with van der Waals surface area (Å²) in [7, 11) is 0. The number of ketones is 1. The predicted octanol–water partition coefficient (Wildman–Crippen LogP) is 2.43. The highest BCUT2D eigenvalue weighted by molar-refractivity contribution is 6.32. The second-order valence-electron chi connectivity index (χ2n) is 3.34. The molecule has 1 aliphatic carbocycles. The van der Waals surface area contributed by atoms with Crippen molar-refractivity contribution in [3.63, 3.8) is 0 Å². The standard InChI is InChI=1S/C10H10ClNO/c1-6(13)8-5-7-3-2-4-9(7)12-10(8)11/h5H,2-4H2,1H3. The summed E-state index contributed by atoms with van der Waals surface area (Å²) in [6, 6.07) is 1.89. The predicted molar refractivity (Wildman–Crippen MR) is 51.3 cm³/mol. The van der Waals surface area contributed by atoms with Gasteiger partial charge in [0.15, 0.2) is 5.78 Å². The summed E-state index contributed by atoms with van der Waals surface area (Å²) in [5.74, 6) is -0.00722. The molecule has 1 heterocycles. The minimum Gasteiger partial charge on any atom is -0.294 e. The highest BCUT2D eigenvalue weighted by atomic mass is 35.5. The molecular weight excluding hydrogens is 186 g/mol. The molecular formula is C10H10ClNO. The van der Waals surface area contributed by atoms with E-state index in [-0.39, 0.29) is 5.78 Å². The maximum atomic E-state index is 11.1. The number of pyridine rings is 1. The lowest BCUT2D eigenvalue weighted by Crippen LogP contribution is -1.99. The fourth-order valence-electron chi connectivity index (χ4n) is 1.69. The lowest BCUT2D eigenvalue weighted by molar-refractivity contribution is 0.101. The largest absolute Gasteiger partial charge is 0.294 e. The van der Waals surface area contributed by atoms with Crippen LogP contribution in [0.25, 0.3) is 0 Å². The van der Waals surface area contributed by atoms with E-state index in [4.69, 9.17) is 11.6 Å². The van der Waals surface area contributed by atoms with Gasteiger partial charge in [-0.3, -0.25) is 4.79 Å². The number of nitrogens with zero attached hydrogens (tertiary/aromatic N) is 1. The van der Waals surface area contributed by atoms with E-state index in [1.165, 1.54) is 12.5 Å². The zero-order valence-electron chi connectivity index (χ0n) is 7.43. The monoisotopic (exact) mass is 195 g/mol. The average molecular weight is 196 g/mol. The number of carbonyl (C=O) groups excluding carboxylic acids is 1. The van der Waals surface area contributed by atoms with Crippen LogP contribution in [0, 0.1) is 0 Å². The van der Waals surface area contributed by atoms with Crippen LogP contribution in [-0.2, 0) is 12.8 Å². The average Bonchev–Trinajstić information content (AvgIpc) is 2.48. The number of aromatic nitrogens is 1. The topological polar surface area (TPSA) is 30.0 Å². The van der Waals surface area contributed by atoms with Gasteiger partial charge in [-0.15, -0.1) is 0 Å². The number of hydrogen-bond acceptors (Lipinski definition) is 2. The Morgan fingerprint density at radius 2 is 2.31 bits per heavy atom. The lowest BCUT2D eigenvalue weighted by Gasteiger charge is -2.03. The van der Waals surface area contributed by atoms with Gasteiger partial charge in [-0.1, -0.05) is 11.6 Å². The molecule has 1 aromatic rings. The van der Waals surface area contributed by atoms with Crippen molar-refractivity contribution in [2.24, 2.45) is 0 Å². The zero-order valence-corrected chi connectivity index (χ0v) is 8.19. The first-order chi connectivity index (χ1) is 6.18. The van der Waals surface area contributed by atoms with Crippen molar-refractivity contribution in [1.82, 2.24) is 4.98 Å². The van der Waals surface area contributed by atoms with Crippen molar-refractivity contribution in [3.05, 3.63) is 28.0 Å². The molecule has 68 valence electrons. The highest BCUT2D eigenvalue weighted by Crippen LogP contribution is 2.25. The van der Waals surface area contributed by atoms with E-state index in [1.54, 1.807) is 0 Å². The number of hydrogen-bond donors (Lipinski definition) is 0. The molecule has 0 amide bonds. The first kappa shape index (κ1) is 8.70. The first-order valence-electron chi connectivity index (χ1n) is 4.37. The Morgan fingerprint density at radius 3 is 3.00 bits per heavy atom. The normalized spacial score (nSPS) is 14.3. The van der Waals surface area contributed by atoms with Crippen LogP contribution >= 0.6 is 11.6 Å². The fourth-order valence-corrected chi connectivity index (χ4v) is 1.98. The Bertz CT molecular complexity index is 373. The molecule has 0 fully saturated rings. The number of rotatable bonds is 1. The van der Waals surface area contributed by atoms with Crippen molar-refractivity contribution >= 4 is 17.4 Å². The maximum absolute atomic E-state index is 11.1. The van der Waals surface area contributed by atoms with Gasteiger partial charge in [-0.2, -0.15) is 0 Å². The van der Waals surface area contributed by atoms with E-state index in [0.29, 0.717) is 10.7 Å². The summed E-state index contributed by atoms with van der Waals surface area (Å²) < 4.78 is 0. The van der Waals surface area contributed by atoms with E-state index < -0.39 is 0 Å².